The predicted octanol–water partition coefficient (Wildman–Crippen LogP) is -2.83. The van der Waals surface area contributed by atoms with Crippen LogP contribution in [0.2, 0.25) is 0 Å². The quantitative estimate of drug-likeness (QED) is 0.233. The van der Waals surface area contributed by atoms with Crippen LogP contribution in [0.5, 0.6) is 0 Å². The third kappa shape index (κ3) is 1.51. The first-order valence-corrected chi connectivity index (χ1v) is 6.25. The summed E-state index contributed by atoms with van der Waals surface area (Å²) in [6, 6.07) is -0.671. The van der Waals surface area contributed by atoms with Crippen molar-refractivity contribution in [1.82, 2.24) is 10.2 Å². The summed E-state index contributed by atoms with van der Waals surface area (Å²) in [6.45, 7) is 0. The third-order valence-electron chi connectivity index (χ3n) is 2.94. The van der Waals surface area contributed by atoms with Crippen LogP contribution in [0.3, 0.4) is 0 Å². The van der Waals surface area contributed by atoms with Gasteiger partial charge in [0, 0.05) is 4.43 Å². The molecule has 0 spiro atoms. The molecule has 4 N–H and O–H groups in total. The van der Waals surface area contributed by atoms with Crippen molar-refractivity contribution in [2.45, 2.75) is 30.5 Å². The molecule has 2 aliphatic rings. The minimum Gasteiger partial charge on any atom is -0.388 e. The molecular weight excluding hydrogens is 331 g/mol. The zero-order chi connectivity index (χ0) is 12.0. The van der Waals surface area contributed by atoms with Gasteiger partial charge in [-0.15, -0.1) is 0 Å². The number of rotatable bonds is 1. The van der Waals surface area contributed by atoms with E-state index in [0.717, 1.165) is 4.90 Å². The Bertz CT molecular complexity index is 338. The lowest BCUT2D eigenvalue weighted by atomic mass is 9.93. The number of halogens is 1. The van der Waals surface area contributed by atoms with Crippen LogP contribution in [0.4, 0.5) is 0 Å². The molecule has 0 aliphatic carbocycles. The molecule has 2 amide bonds. The van der Waals surface area contributed by atoms with Gasteiger partial charge in [-0.2, -0.15) is 0 Å². The van der Waals surface area contributed by atoms with E-state index in [4.69, 9.17) is 0 Å². The zero-order valence-electron chi connectivity index (χ0n) is 8.08. The smallest absolute Gasteiger partial charge is 0.314 e. The Morgan fingerprint density at radius 2 is 1.81 bits per heavy atom. The van der Waals surface area contributed by atoms with Crippen LogP contribution in [0, 0.1) is 0 Å². The van der Waals surface area contributed by atoms with Crippen molar-refractivity contribution >= 4 is 34.4 Å². The molecule has 8 heteroatoms. The number of alkyl halides is 1. The lowest BCUT2D eigenvalue weighted by molar-refractivity contribution is -0.166. The van der Waals surface area contributed by atoms with Gasteiger partial charge in [-0.3, -0.25) is 9.59 Å². The molecule has 2 rings (SSSR count). The van der Waals surface area contributed by atoms with Gasteiger partial charge < -0.3 is 25.5 Å². The number of amides is 2. The molecule has 2 saturated heterocycles. The number of nitrogens with zero attached hydrogens (tertiary/aromatic N) is 1. The van der Waals surface area contributed by atoms with Crippen LogP contribution in [0.1, 0.15) is 0 Å². The Morgan fingerprint density at radius 1 is 1.19 bits per heavy atom. The average molecular weight is 342 g/mol. The van der Waals surface area contributed by atoms with Crippen LogP contribution >= 0.6 is 22.6 Å². The van der Waals surface area contributed by atoms with E-state index in [1.54, 1.807) is 0 Å². The lowest BCUT2D eigenvalue weighted by Gasteiger charge is -2.44. The van der Waals surface area contributed by atoms with E-state index in [9.17, 15) is 24.9 Å². The average Bonchev–Trinajstić information content (AvgIpc) is 2.55. The summed E-state index contributed by atoms with van der Waals surface area (Å²) < 4.78 is 0.361. The molecule has 2 heterocycles. The van der Waals surface area contributed by atoms with Crippen LogP contribution in [-0.4, -0.2) is 67.0 Å². The van der Waals surface area contributed by atoms with Crippen molar-refractivity contribution in [3.05, 3.63) is 0 Å². The second-order valence-electron chi connectivity index (χ2n) is 3.82. The fraction of sp³-hybridized carbons (Fsp3) is 0.750. The second kappa shape index (κ2) is 4.09. The highest BCUT2D eigenvalue weighted by Crippen LogP contribution is 2.27. The van der Waals surface area contributed by atoms with Crippen molar-refractivity contribution in [1.29, 1.82) is 0 Å². The molecule has 0 aromatic carbocycles. The highest BCUT2D eigenvalue weighted by atomic mass is 127. The van der Waals surface area contributed by atoms with Gasteiger partial charge in [-0.1, -0.05) is 22.6 Å². The van der Waals surface area contributed by atoms with Gasteiger partial charge in [0.25, 0.3) is 0 Å². The number of aliphatic hydroxyl groups is 3. The summed E-state index contributed by atoms with van der Waals surface area (Å²) in [5.41, 5.74) is 0. The molecule has 2 fully saturated rings. The SMILES string of the molecule is O=C1N[C@@H]2[C@H](O)[C@@H](O)[C@H](O)[C@@H](CI)N2C1=O. The van der Waals surface area contributed by atoms with E-state index in [2.05, 4.69) is 5.32 Å². The highest BCUT2D eigenvalue weighted by Gasteiger charge is 2.54. The molecule has 2 aliphatic heterocycles. The number of carbonyl (C=O) groups excluding carboxylic acids is 2. The van der Waals surface area contributed by atoms with Crippen molar-refractivity contribution in [2.75, 3.05) is 4.43 Å². The van der Waals surface area contributed by atoms with Gasteiger partial charge in [0.05, 0.1) is 6.04 Å². The number of nitrogens with one attached hydrogen (secondary N) is 1. The van der Waals surface area contributed by atoms with Crippen LogP contribution in [0.25, 0.3) is 0 Å². The standard InChI is InChI=1S/C8H11IN2O5/c9-1-2-3(12)4(13)5(14)6-10-7(15)8(16)11(2)6/h2-6,12-14H,1H2,(H,10,15)/t2-,3-,4+,5-,6+/m1/s1. The maximum atomic E-state index is 11.5. The van der Waals surface area contributed by atoms with E-state index in [1.165, 1.54) is 0 Å². The Morgan fingerprint density at radius 3 is 2.38 bits per heavy atom. The Kier molecular flexibility index (Phi) is 3.07. The van der Waals surface area contributed by atoms with E-state index in [0.29, 0.717) is 4.43 Å². The van der Waals surface area contributed by atoms with E-state index in [-0.39, 0.29) is 0 Å². The van der Waals surface area contributed by atoms with E-state index < -0.39 is 42.3 Å². The summed E-state index contributed by atoms with van der Waals surface area (Å²) in [5.74, 6) is -1.60. The molecule has 0 bridgehead atoms. The molecule has 0 aromatic rings. The van der Waals surface area contributed by atoms with Crippen molar-refractivity contribution in [3.63, 3.8) is 0 Å². The summed E-state index contributed by atoms with van der Waals surface area (Å²) in [7, 11) is 0. The summed E-state index contributed by atoms with van der Waals surface area (Å²) >= 11 is 1.95. The van der Waals surface area contributed by atoms with Crippen molar-refractivity contribution in [2.24, 2.45) is 0 Å². The molecule has 0 aromatic heterocycles. The number of piperidine rings is 1. The van der Waals surface area contributed by atoms with Gasteiger partial charge in [0.1, 0.15) is 24.5 Å². The minimum atomic E-state index is -1.37. The first-order chi connectivity index (χ1) is 7.49. The first kappa shape index (κ1) is 12.0. The van der Waals surface area contributed by atoms with E-state index in [1.807, 2.05) is 22.6 Å². The third-order valence-corrected chi connectivity index (χ3v) is 3.84. The van der Waals surface area contributed by atoms with Gasteiger partial charge in [-0.05, 0) is 0 Å². The predicted molar refractivity (Wildman–Crippen MR) is 59.5 cm³/mol. The number of hydrogen-bond acceptors (Lipinski definition) is 5. The van der Waals surface area contributed by atoms with Crippen LogP contribution < -0.4 is 5.32 Å². The summed E-state index contributed by atoms with van der Waals surface area (Å²) in [6.07, 6.45) is -4.94. The Balaban J connectivity index is 2.35. The first-order valence-electron chi connectivity index (χ1n) is 4.72. The Labute approximate surface area is 105 Å². The normalized spacial score (nSPS) is 43.2. The van der Waals surface area contributed by atoms with Crippen molar-refractivity contribution in [3.8, 4) is 0 Å². The van der Waals surface area contributed by atoms with Gasteiger partial charge in [0.2, 0.25) is 0 Å². The molecule has 0 unspecified atom stereocenters. The molecule has 16 heavy (non-hydrogen) atoms. The number of carbonyl (C=O) groups is 2. The van der Waals surface area contributed by atoms with E-state index >= 15 is 0 Å². The number of aliphatic hydroxyl groups excluding tert-OH is 3. The zero-order valence-corrected chi connectivity index (χ0v) is 10.2. The maximum Gasteiger partial charge on any atom is 0.314 e. The largest absolute Gasteiger partial charge is 0.388 e. The van der Waals surface area contributed by atoms with Crippen molar-refractivity contribution < 1.29 is 24.9 Å². The minimum absolute atomic E-state index is 0.361. The number of hydrogen-bond donors (Lipinski definition) is 4. The maximum absolute atomic E-state index is 11.5. The molecule has 5 atom stereocenters. The lowest BCUT2D eigenvalue weighted by Crippen LogP contribution is -2.67. The fourth-order valence-electron chi connectivity index (χ4n) is 2.06. The highest BCUT2D eigenvalue weighted by molar-refractivity contribution is 14.1. The summed E-state index contributed by atoms with van der Waals surface area (Å²) in [4.78, 5) is 23.8. The summed E-state index contributed by atoms with van der Waals surface area (Å²) in [5, 5.41) is 31.2. The number of fused-ring (bicyclic) bond motifs is 1. The molecule has 7 nitrogen and oxygen atoms in total. The molecule has 90 valence electrons. The van der Waals surface area contributed by atoms with Gasteiger partial charge >= 0.3 is 11.8 Å². The van der Waals surface area contributed by atoms with Gasteiger partial charge in [-0.25, -0.2) is 0 Å². The fourth-order valence-corrected chi connectivity index (χ4v) is 3.01. The topological polar surface area (TPSA) is 110 Å². The molecular formula is C8H11IN2O5. The monoisotopic (exact) mass is 342 g/mol. The van der Waals surface area contributed by atoms with Gasteiger partial charge in [0.15, 0.2) is 0 Å². The van der Waals surface area contributed by atoms with Crippen LogP contribution in [-0.2, 0) is 9.59 Å². The Hall–Kier alpha value is -0.450. The molecule has 0 radical (unpaired) electrons. The molecule has 0 saturated carbocycles. The second-order valence-corrected chi connectivity index (χ2v) is 4.70. The van der Waals surface area contributed by atoms with Crippen LogP contribution in [0.15, 0.2) is 0 Å².